The van der Waals surface area contributed by atoms with Crippen LogP contribution in [0.5, 0.6) is 0 Å². The molecule has 3 nitrogen and oxygen atoms in total. The molecular weight excluding hydrogens is 258 g/mol. The van der Waals surface area contributed by atoms with Crippen molar-refractivity contribution in [2.24, 2.45) is 5.92 Å². The molecule has 1 N–H and O–H groups in total. The number of ether oxygens (including phenoxy) is 1. The van der Waals surface area contributed by atoms with Crippen LogP contribution in [0.15, 0.2) is 21.2 Å². The third-order valence-corrected chi connectivity index (χ3v) is 3.05. The van der Waals surface area contributed by atoms with Gasteiger partial charge in [0.2, 0.25) is 0 Å². The van der Waals surface area contributed by atoms with E-state index in [1.807, 2.05) is 13.1 Å². The molecule has 0 radical (unpaired) electrons. The summed E-state index contributed by atoms with van der Waals surface area (Å²) >= 11 is 3.47. The minimum absolute atomic E-state index is 0.236. The van der Waals surface area contributed by atoms with E-state index in [1.54, 1.807) is 13.4 Å². The van der Waals surface area contributed by atoms with Crippen LogP contribution >= 0.6 is 15.9 Å². The Morgan fingerprint density at radius 3 is 2.80 bits per heavy atom. The van der Waals surface area contributed by atoms with Crippen molar-refractivity contribution in [1.29, 1.82) is 0 Å². The maximum absolute atomic E-state index is 5.45. The molecule has 1 heterocycles. The summed E-state index contributed by atoms with van der Waals surface area (Å²) in [4.78, 5) is 0. The van der Waals surface area contributed by atoms with Gasteiger partial charge in [-0.1, -0.05) is 6.92 Å². The van der Waals surface area contributed by atoms with E-state index in [-0.39, 0.29) is 6.04 Å². The van der Waals surface area contributed by atoms with Gasteiger partial charge in [0.25, 0.3) is 0 Å². The predicted molar refractivity (Wildman–Crippen MR) is 63.9 cm³/mol. The highest BCUT2D eigenvalue weighted by atomic mass is 79.9. The van der Waals surface area contributed by atoms with E-state index in [4.69, 9.17) is 9.15 Å². The van der Waals surface area contributed by atoms with Gasteiger partial charge in [0.05, 0.1) is 16.8 Å². The van der Waals surface area contributed by atoms with Crippen LogP contribution in [0.3, 0.4) is 0 Å². The molecule has 86 valence electrons. The zero-order valence-corrected chi connectivity index (χ0v) is 11.0. The molecular formula is C11H18BrNO2. The molecule has 1 aromatic heterocycles. The number of hydrogen-bond acceptors (Lipinski definition) is 3. The zero-order valence-electron chi connectivity index (χ0n) is 9.42. The lowest BCUT2D eigenvalue weighted by atomic mass is 10.0. The van der Waals surface area contributed by atoms with Gasteiger partial charge in [-0.2, -0.15) is 0 Å². The predicted octanol–water partition coefficient (Wildman–Crippen LogP) is 2.98. The van der Waals surface area contributed by atoms with Gasteiger partial charge in [0.15, 0.2) is 0 Å². The number of rotatable bonds is 6. The van der Waals surface area contributed by atoms with E-state index in [2.05, 4.69) is 28.2 Å². The highest BCUT2D eigenvalue weighted by Gasteiger charge is 2.18. The standard InChI is InChI=1S/C11H18BrNO2/c1-8(7-14-3)6-10(13-2)11-9(12)4-5-15-11/h4-5,8,10,13H,6-7H2,1-3H3. The second kappa shape index (κ2) is 6.30. The van der Waals surface area contributed by atoms with Crippen LogP contribution in [0, 0.1) is 5.92 Å². The number of furan rings is 1. The van der Waals surface area contributed by atoms with Gasteiger partial charge in [0.1, 0.15) is 5.76 Å². The zero-order chi connectivity index (χ0) is 11.3. The van der Waals surface area contributed by atoms with Gasteiger partial charge in [-0.15, -0.1) is 0 Å². The molecule has 0 bridgehead atoms. The van der Waals surface area contributed by atoms with Crippen LogP contribution in [0.25, 0.3) is 0 Å². The van der Waals surface area contributed by atoms with E-state index < -0.39 is 0 Å². The number of hydrogen-bond donors (Lipinski definition) is 1. The number of methoxy groups -OCH3 is 1. The van der Waals surface area contributed by atoms with Crippen LogP contribution in [0.2, 0.25) is 0 Å². The third-order valence-electron chi connectivity index (χ3n) is 2.40. The van der Waals surface area contributed by atoms with Gasteiger partial charge >= 0.3 is 0 Å². The van der Waals surface area contributed by atoms with E-state index in [0.29, 0.717) is 5.92 Å². The van der Waals surface area contributed by atoms with Gasteiger partial charge in [-0.25, -0.2) is 0 Å². The van der Waals surface area contributed by atoms with Gasteiger partial charge in [-0.05, 0) is 41.4 Å². The molecule has 2 unspecified atom stereocenters. The average Bonchev–Trinajstić information content (AvgIpc) is 2.61. The monoisotopic (exact) mass is 275 g/mol. The minimum Gasteiger partial charge on any atom is -0.466 e. The van der Waals surface area contributed by atoms with Crippen LogP contribution < -0.4 is 5.32 Å². The first-order valence-corrected chi connectivity index (χ1v) is 5.87. The smallest absolute Gasteiger partial charge is 0.134 e. The van der Waals surface area contributed by atoms with Crippen molar-refractivity contribution in [2.75, 3.05) is 20.8 Å². The first-order valence-electron chi connectivity index (χ1n) is 5.08. The van der Waals surface area contributed by atoms with E-state index >= 15 is 0 Å². The van der Waals surface area contributed by atoms with Crippen molar-refractivity contribution >= 4 is 15.9 Å². The SMILES string of the molecule is CNC(CC(C)COC)c1occc1Br. The Bertz CT molecular complexity index is 288. The fraction of sp³-hybridized carbons (Fsp3) is 0.636. The highest BCUT2D eigenvalue weighted by molar-refractivity contribution is 9.10. The minimum atomic E-state index is 0.236. The largest absolute Gasteiger partial charge is 0.466 e. The Labute approximate surface area is 99.3 Å². The molecule has 0 saturated carbocycles. The summed E-state index contributed by atoms with van der Waals surface area (Å²) < 4.78 is 11.6. The first kappa shape index (κ1) is 12.7. The molecule has 0 spiro atoms. The van der Waals surface area contributed by atoms with Crippen molar-refractivity contribution < 1.29 is 9.15 Å². The first-order chi connectivity index (χ1) is 7.19. The van der Waals surface area contributed by atoms with Crippen molar-refractivity contribution in [3.05, 3.63) is 22.6 Å². The van der Waals surface area contributed by atoms with Crippen LogP contribution in [-0.2, 0) is 4.74 Å². The molecule has 0 aliphatic rings. The molecule has 1 aromatic rings. The maximum Gasteiger partial charge on any atom is 0.134 e. The van der Waals surface area contributed by atoms with E-state index in [0.717, 1.165) is 23.3 Å². The van der Waals surface area contributed by atoms with Gasteiger partial charge in [0, 0.05) is 13.7 Å². The summed E-state index contributed by atoms with van der Waals surface area (Å²) in [6.45, 7) is 2.95. The molecule has 0 aliphatic heterocycles. The van der Waals surface area contributed by atoms with Crippen molar-refractivity contribution in [1.82, 2.24) is 5.32 Å². The molecule has 0 saturated heterocycles. The average molecular weight is 276 g/mol. The normalized spacial score (nSPS) is 15.2. The summed E-state index contributed by atoms with van der Waals surface area (Å²) in [5.41, 5.74) is 0. The molecule has 0 aromatic carbocycles. The molecule has 15 heavy (non-hydrogen) atoms. The maximum atomic E-state index is 5.45. The van der Waals surface area contributed by atoms with Gasteiger partial charge < -0.3 is 14.5 Å². The Morgan fingerprint density at radius 1 is 1.60 bits per heavy atom. The van der Waals surface area contributed by atoms with Crippen molar-refractivity contribution in [3.63, 3.8) is 0 Å². The van der Waals surface area contributed by atoms with Gasteiger partial charge in [-0.3, -0.25) is 0 Å². The van der Waals surface area contributed by atoms with Crippen molar-refractivity contribution in [3.8, 4) is 0 Å². The van der Waals surface area contributed by atoms with Crippen LogP contribution in [0.1, 0.15) is 25.1 Å². The third kappa shape index (κ3) is 3.63. The van der Waals surface area contributed by atoms with Crippen LogP contribution in [-0.4, -0.2) is 20.8 Å². The second-order valence-electron chi connectivity index (χ2n) is 3.77. The Hall–Kier alpha value is -0.320. The van der Waals surface area contributed by atoms with E-state index in [1.165, 1.54) is 0 Å². The highest BCUT2D eigenvalue weighted by Crippen LogP contribution is 2.28. The summed E-state index contributed by atoms with van der Waals surface area (Å²) in [5, 5.41) is 3.26. The molecule has 0 amide bonds. The number of nitrogens with one attached hydrogen (secondary N) is 1. The number of halogens is 1. The second-order valence-corrected chi connectivity index (χ2v) is 4.62. The Morgan fingerprint density at radius 2 is 2.33 bits per heavy atom. The van der Waals surface area contributed by atoms with Crippen LogP contribution in [0.4, 0.5) is 0 Å². The summed E-state index contributed by atoms with van der Waals surface area (Å²) in [6, 6.07) is 2.15. The quantitative estimate of drug-likeness (QED) is 0.867. The van der Waals surface area contributed by atoms with Crippen molar-refractivity contribution in [2.45, 2.75) is 19.4 Å². The molecule has 4 heteroatoms. The molecule has 0 fully saturated rings. The summed E-state index contributed by atoms with van der Waals surface area (Å²) in [7, 11) is 3.67. The Kier molecular flexibility index (Phi) is 5.36. The molecule has 2 atom stereocenters. The lowest BCUT2D eigenvalue weighted by molar-refractivity contribution is 0.148. The Balaban J connectivity index is 2.60. The fourth-order valence-electron chi connectivity index (χ4n) is 1.66. The summed E-state index contributed by atoms with van der Waals surface area (Å²) in [6.07, 6.45) is 2.70. The topological polar surface area (TPSA) is 34.4 Å². The molecule has 0 aliphatic carbocycles. The molecule has 1 rings (SSSR count). The summed E-state index contributed by atoms with van der Waals surface area (Å²) in [5.74, 6) is 1.46. The van der Waals surface area contributed by atoms with E-state index in [9.17, 15) is 0 Å². The lowest BCUT2D eigenvalue weighted by Crippen LogP contribution is -2.20. The lowest BCUT2D eigenvalue weighted by Gasteiger charge is -2.18. The fourth-order valence-corrected chi connectivity index (χ4v) is 2.14.